The lowest BCUT2D eigenvalue weighted by atomic mass is 10.1. The van der Waals surface area contributed by atoms with Crippen LogP contribution in [0.4, 0.5) is 0 Å². The molecule has 2 rings (SSSR count). The highest BCUT2D eigenvalue weighted by Crippen LogP contribution is 2.21. The maximum atomic E-state index is 12.1. The summed E-state index contributed by atoms with van der Waals surface area (Å²) >= 11 is 11.9. The van der Waals surface area contributed by atoms with Gasteiger partial charge in [-0.1, -0.05) is 29.3 Å². The fraction of sp³-hybridized carbons (Fsp3) is 0.278. The predicted octanol–water partition coefficient (Wildman–Crippen LogP) is 2.75. The quantitative estimate of drug-likeness (QED) is 0.784. The number of carbonyl (C=O) groups is 2. The van der Waals surface area contributed by atoms with Crippen molar-refractivity contribution in [2.75, 3.05) is 20.1 Å². The van der Waals surface area contributed by atoms with Gasteiger partial charge in [0.1, 0.15) is 0 Å². The molecule has 0 radical (unpaired) electrons. The minimum atomic E-state index is -0.623. The Bertz CT molecular complexity index is 738. The fourth-order valence-corrected chi connectivity index (χ4v) is 2.73. The second-order valence-corrected chi connectivity index (χ2v) is 6.42. The van der Waals surface area contributed by atoms with Crippen LogP contribution < -0.4 is 5.32 Å². The molecule has 1 aromatic carbocycles. The summed E-state index contributed by atoms with van der Waals surface area (Å²) in [6.07, 6.45) is 4.59. The molecule has 0 bridgehead atoms. The highest BCUT2D eigenvalue weighted by molar-refractivity contribution is 6.35. The standard InChI is InChI=1S/C18H19Cl2N3O2/c1-23(11-7-13-4-8-21-9-5-13)18(25)17(24)22-10-6-14-2-3-15(19)12-16(14)20/h2-5,8-9,12H,6-7,10-11H2,1H3,(H,22,24). The molecule has 0 aliphatic rings. The van der Waals surface area contributed by atoms with Gasteiger partial charge in [-0.15, -0.1) is 0 Å². The lowest BCUT2D eigenvalue weighted by Crippen LogP contribution is -2.42. The molecule has 5 nitrogen and oxygen atoms in total. The number of benzene rings is 1. The Morgan fingerprint density at radius 1 is 1.12 bits per heavy atom. The van der Waals surface area contributed by atoms with Crippen molar-refractivity contribution < 1.29 is 9.59 Å². The number of aromatic nitrogens is 1. The molecule has 1 aromatic heterocycles. The topological polar surface area (TPSA) is 62.3 Å². The molecule has 0 aliphatic heterocycles. The van der Waals surface area contributed by atoms with Gasteiger partial charge in [0.05, 0.1) is 0 Å². The van der Waals surface area contributed by atoms with Gasteiger partial charge in [-0.05, 0) is 48.2 Å². The van der Waals surface area contributed by atoms with Crippen LogP contribution in [-0.4, -0.2) is 41.8 Å². The molecule has 0 spiro atoms. The number of pyridine rings is 1. The van der Waals surface area contributed by atoms with E-state index in [1.165, 1.54) is 4.90 Å². The van der Waals surface area contributed by atoms with E-state index in [1.54, 1.807) is 37.6 Å². The van der Waals surface area contributed by atoms with Crippen LogP contribution in [0.2, 0.25) is 10.0 Å². The maximum absolute atomic E-state index is 12.1. The average Bonchev–Trinajstić information content (AvgIpc) is 2.61. The van der Waals surface area contributed by atoms with E-state index in [2.05, 4.69) is 10.3 Å². The summed E-state index contributed by atoms with van der Waals surface area (Å²) in [6, 6.07) is 8.96. The molecule has 1 heterocycles. The van der Waals surface area contributed by atoms with Gasteiger partial charge >= 0.3 is 11.8 Å². The third-order valence-electron chi connectivity index (χ3n) is 3.72. The molecule has 0 saturated heterocycles. The molecule has 0 fully saturated rings. The number of nitrogens with zero attached hydrogens (tertiary/aromatic N) is 2. The molecule has 1 N–H and O–H groups in total. The van der Waals surface area contributed by atoms with E-state index in [0.717, 1.165) is 11.1 Å². The number of rotatable bonds is 6. The van der Waals surface area contributed by atoms with Crippen molar-refractivity contribution in [1.82, 2.24) is 15.2 Å². The fourth-order valence-electron chi connectivity index (χ4n) is 2.23. The van der Waals surface area contributed by atoms with Gasteiger partial charge in [0.25, 0.3) is 0 Å². The van der Waals surface area contributed by atoms with Gasteiger partial charge in [-0.2, -0.15) is 0 Å². The van der Waals surface area contributed by atoms with Gasteiger partial charge in [-0.3, -0.25) is 14.6 Å². The summed E-state index contributed by atoms with van der Waals surface area (Å²) in [5.74, 6) is -1.18. The Labute approximate surface area is 157 Å². The summed E-state index contributed by atoms with van der Waals surface area (Å²) in [7, 11) is 1.61. The molecule has 132 valence electrons. The number of carbonyl (C=O) groups excluding carboxylic acids is 2. The molecular weight excluding hydrogens is 361 g/mol. The first kappa shape index (κ1) is 19.2. The van der Waals surface area contributed by atoms with E-state index < -0.39 is 11.8 Å². The van der Waals surface area contributed by atoms with Crippen LogP contribution in [0.3, 0.4) is 0 Å². The Kier molecular flexibility index (Phi) is 7.22. The summed E-state index contributed by atoms with van der Waals surface area (Å²) < 4.78 is 0. The number of hydrogen-bond acceptors (Lipinski definition) is 3. The van der Waals surface area contributed by atoms with Crippen LogP contribution in [0, 0.1) is 0 Å². The number of hydrogen-bond donors (Lipinski definition) is 1. The largest absolute Gasteiger partial charge is 0.347 e. The first-order valence-corrected chi connectivity index (χ1v) is 8.59. The van der Waals surface area contributed by atoms with Crippen molar-refractivity contribution in [1.29, 1.82) is 0 Å². The normalized spacial score (nSPS) is 10.4. The number of likely N-dealkylation sites (N-methyl/N-ethyl adjacent to an activating group) is 1. The number of amides is 2. The Hall–Kier alpha value is -2.11. The Balaban J connectivity index is 1.76. The summed E-state index contributed by atoms with van der Waals surface area (Å²) in [5.41, 5.74) is 1.93. The lowest BCUT2D eigenvalue weighted by molar-refractivity contribution is -0.144. The summed E-state index contributed by atoms with van der Waals surface area (Å²) in [4.78, 5) is 29.4. The predicted molar refractivity (Wildman–Crippen MR) is 98.8 cm³/mol. The highest BCUT2D eigenvalue weighted by atomic mass is 35.5. The van der Waals surface area contributed by atoms with E-state index in [-0.39, 0.29) is 0 Å². The minimum absolute atomic E-state index is 0.324. The van der Waals surface area contributed by atoms with Gasteiger partial charge in [0.15, 0.2) is 0 Å². The van der Waals surface area contributed by atoms with Crippen molar-refractivity contribution in [3.63, 3.8) is 0 Å². The monoisotopic (exact) mass is 379 g/mol. The molecule has 0 atom stereocenters. The lowest BCUT2D eigenvalue weighted by Gasteiger charge is -2.16. The van der Waals surface area contributed by atoms with E-state index in [1.807, 2.05) is 12.1 Å². The zero-order chi connectivity index (χ0) is 18.2. The van der Waals surface area contributed by atoms with Gasteiger partial charge in [0.2, 0.25) is 0 Å². The van der Waals surface area contributed by atoms with Crippen molar-refractivity contribution in [2.45, 2.75) is 12.8 Å². The number of nitrogens with one attached hydrogen (secondary N) is 1. The van der Waals surface area contributed by atoms with Crippen molar-refractivity contribution in [3.8, 4) is 0 Å². The van der Waals surface area contributed by atoms with Gasteiger partial charge < -0.3 is 10.2 Å². The molecule has 0 saturated carbocycles. The molecule has 7 heteroatoms. The zero-order valence-electron chi connectivity index (χ0n) is 13.8. The third-order valence-corrected chi connectivity index (χ3v) is 4.31. The van der Waals surface area contributed by atoms with Crippen LogP contribution in [0.15, 0.2) is 42.7 Å². The SMILES string of the molecule is CN(CCc1ccncc1)C(=O)C(=O)NCCc1ccc(Cl)cc1Cl. The first-order valence-electron chi connectivity index (χ1n) is 7.83. The Morgan fingerprint density at radius 2 is 1.84 bits per heavy atom. The van der Waals surface area contributed by atoms with Crippen molar-refractivity contribution in [2.24, 2.45) is 0 Å². The zero-order valence-corrected chi connectivity index (χ0v) is 15.3. The average molecular weight is 380 g/mol. The molecule has 2 aromatic rings. The molecule has 2 amide bonds. The number of halogens is 2. The van der Waals surface area contributed by atoms with E-state index >= 15 is 0 Å². The maximum Gasteiger partial charge on any atom is 0.311 e. The van der Waals surface area contributed by atoms with Gasteiger partial charge in [0, 0.05) is 42.6 Å². The van der Waals surface area contributed by atoms with E-state index in [9.17, 15) is 9.59 Å². The van der Waals surface area contributed by atoms with Crippen LogP contribution >= 0.6 is 23.2 Å². The van der Waals surface area contributed by atoms with Crippen LogP contribution in [0.25, 0.3) is 0 Å². The Morgan fingerprint density at radius 3 is 2.52 bits per heavy atom. The minimum Gasteiger partial charge on any atom is -0.347 e. The van der Waals surface area contributed by atoms with Crippen LogP contribution in [0.1, 0.15) is 11.1 Å². The smallest absolute Gasteiger partial charge is 0.311 e. The second-order valence-electron chi connectivity index (χ2n) is 5.57. The molecule has 0 aliphatic carbocycles. The van der Waals surface area contributed by atoms with Crippen molar-refractivity contribution in [3.05, 3.63) is 63.9 Å². The summed E-state index contributed by atoms with van der Waals surface area (Å²) in [5, 5.41) is 3.72. The molecule has 0 unspecified atom stereocenters. The second kappa shape index (κ2) is 9.39. The molecular formula is C18H19Cl2N3O2. The highest BCUT2D eigenvalue weighted by Gasteiger charge is 2.18. The molecule has 25 heavy (non-hydrogen) atoms. The van der Waals surface area contributed by atoms with E-state index in [4.69, 9.17) is 23.2 Å². The summed E-state index contributed by atoms with van der Waals surface area (Å²) in [6.45, 7) is 0.781. The van der Waals surface area contributed by atoms with Crippen LogP contribution in [-0.2, 0) is 22.4 Å². The third kappa shape index (κ3) is 6.03. The van der Waals surface area contributed by atoms with Crippen LogP contribution in [0.5, 0.6) is 0 Å². The van der Waals surface area contributed by atoms with E-state index in [0.29, 0.717) is 36.0 Å². The van der Waals surface area contributed by atoms with Crippen molar-refractivity contribution >= 4 is 35.0 Å². The first-order chi connectivity index (χ1) is 12.0. The van der Waals surface area contributed by atoms with Gasteiger partial charge in [-0.25, -0.2) is 0 Å².